The molecule has 0 aliphatic carbocycles. The van der Waals surface area contributed by atoms with Gasteiger partial charge in [-0.1, -0.05) is 25.4 Å². The molecule has 1 fully saturated rings. The molecule has 7 nitrogen and oxygen atoms in total. The van der Waals surface area contributed by atoms with Crippen molar-refractivity contribution in [3.8, 4) is 11.5 Å². The van der Waals surface area contributed by atoms with Crippen LogP contribution in [0.15, 0.2) is 36.4 Å². The number of anilines is 2. The zero-order valence-electron chi connectivity index (χ0n) is 18.3. The highest BCUT2D eigenvalue weighted by Gasteiger charge is 2.24. The molecular formula is C23H28ClN3O4. The maximum absolute atomic E-state index is 13.0. The Bertz CT molecular complexity index is 934. The second-order valence-corrected chi connectivity index (χ2v) is 8.12. The molecule has 0 saturated carbocycles. The van der Waals surface area contributed by atoms with Gasteiger partial charge in [0.15, 0.2) is 0 Å². The number of nitrogens with zero attached hydrogens (tertiary/aromatic N) is 2. The minimum atomic E-state index is -0.297. The first kappa shape index (κ1) is 22.7. The van der Waals surface area contributed by atoms with Crippen LogP contribution in [0.1, 0.15) is 24.2 Å². The molecule has 1 aliphatic heterocycles. The lowest BCUT2D eigenvalue weighted by Gasteiger charge is -2.37. The van der Waals surface area contributed by atoms with Gasteiger partial charge in [0.05, 0.1) is 25.6 Å². The molecule has 31 heavy (non-hydrogen) atoms. The van der Waals surface area contributed by atoms with E-state index < -0.39 is 0 Å². The molecular weight excluding hydrogens is 418 g/mol. The SMILES string of the molecule is COc1cc(OC)cc(C(=O)Nc2cc(Cl)ccc2N2CCN(C(=O)C(C)C)CC2)c1. The number of hydrogen-bond acceptors (Lipinski definition) is 5. The Hall–Kier alpha value is -2.93. The summed E-state index contributed by atoms with van der Waals surface area (Å²) in [5, 5.41) is 3.49. The number of halogens is 1. The Morgan fingerprint density at radius 3 is 2.13 bits per heavy atom. The summed E-state index contributed by atoms with van der Waals surface area (Å²) < 4.78 is 10.5. The maximum atomic E-state index is 13.0. The molecule has 1 heterocycles. The van der Waals surface area contributed by atoms with Gasteiger partial charge >= 0.3 is 0 Å². The zero-order valence-corrected chi connectivity index (χ0v) is 19.0. The van der Waals surface area contributed by atoms with Crippen molar-refractivity contribution in [2.75, 3.05) is 50.6 Å². The van der Waals surface area contributed by atoms with E-state index in [9.17, 15) is 9.59 Å². The van der Waals surface area contributed by atoms with Gasteiger partial charge in [-0.05, 0) is 30.3 Å². The molecule has 0 spiro atoms. The quantitative estimate of drug-likeness (QED) is 0.729. The summed E-state index contributed by atoms with van der Waals surface area (Å²) in [5.74, 6) is 0.908. The van der Waals surface area contributed by atoms with Gasteiger partial charge in [0, 0.05) is 48.7 Å². The number of piperazine rings is 1. The molecule has 0 aromatic heterocycles. The normalized spacial score (nSPS) is 13.9. The number of benzene rings is 2. The molecule has 2 aromatic carbocycles. The standard InChI is InChI=1S/C23H28ClN3O4/c1-15(2)23(29)27-9-7-26(8-10-27)21-6-5-17(24)13-20(21)25-22(28)16-11-18(30-3)14-19(12-16)31-4/h5-6,11-15H,7-10H2,1-4H3,(H,25,28). The van der Waals surface area contributed by atoms with Gasteiger partial charge in [0.2, 0.25) is 5.91 Å². The van der Waals surface area contributed by atoms with Gasteiger partial charge in [0.1, 0.15) is 11.5 Å². The van der Waals surface area contributed by atoms with Crippen molar-refractivity contribution in [3.05, 3.63) is 47.0 Å². The Morgan fingerprint density at radius 2 is 1.58 bits per heavy atom. The van der Waals surface area contributed by atoms with Crippen molar-refractivity contribution in [2.24, 2.45) is 5.92 Å². The molecule has 1 saturated heterocycles. The summed E-state index contributed by atoms with van der Waals surface area (Å²) in [6, 6.07) is 10.4. The van der Waals surface area contributed by atoms with Gasteiger partial charge in [-0.3, -0.25) is 9.59 Å². The van der Waals surface area contributed by atoms with E-state index in [2.05, 4.69) is 10.2 Å². The molecule has 8 heteroatoms. The first-order valence-corrected chi connectivity index (χ1v) is 10.6. The number of carbonyl (C=O) groups excluding carboxylic acids is 2. The number of hydrogen-bond donors (Lipinski definition) is 1. The van der Waals surface area contributed by atoms with E-state index in [-0.39, 0.29) is 17.7 Å². The number of methoxy groups -OCH3 is 2. The van der Waals surface area contributed by atoms with Crippen LogP contribution in [-0.4, -0.2) is 57.1 Å². The average molecular weight is 446 g/mol. The van der Waals surface area contributed by atoms with Gasteiger partial charge in [-0.2, -0.15) is 0 Å². The second-order valence-electron chi connectivity index (χ2n) is 7.68. The number of nitrogens with one attached hydrogen (secondary N) is 1. The minimum Gasteiger partial charge on any atom is -0.497 e. The second kappa shape index (κ2) is 9.92. The van der Waals surface area contributed by atoms with Crippen LogP contribution in [0.5, 0.6) is 11.5 Å². The summed E-state index contributed by atoms with van der Waals surface area (Å²) in [6.45, 7) is 6.45. The summed E-state index contributed by atoms with van der Waals surface area (Å²) >= 11 is 6.22. The molecule has 0 bridgehead atoms. The van der Waals surface area contributed by atoms with Gasteiger partial charge in [0.25, 0.3) is 5.91 Å². The largest absolute Gasteiger partial charge is 0.497 e. The van der Waals surface area contributed by atoms with Crippen LogP contribution in [0.25, 0.3) is 0 Å². The minimum absolute atomic E-state index is 0.0169. The summed E-state index contributed by atoms with van der Waals surface area (Å²) in [6.07, 6.45) is 0. The van der Waals surface area contributed by atoms with Crippen LogP contribution in [0.4, 0.5) is 11.4 Å². The third kappa shape index (κ3) is 5.41. The van der Waals surface area contributed by atoms with E-state index >= 15 is 0 Å². The lowest BCUT2D eigenvalue weighted by molar-refractivity contribution is -0.134. The molecule has 166 valence electrons. The molecule has 2 amide bonds. The monoisotopic (exact) mass is 445 g/mol. The lowest BCUT2D eigenvalue weighted by atomic mass is 10.1. The van der Waals surface area contributed by atoms with E-state index in [0.29, 0.717) is 54.0 Å². The van der Waals surface area contributed by atoms with Crippen molar-refractivity contribution in [1.29, 1.82) is 0 Å². The van der Waals surface area contributed by atoms with Crippen LogP contribution in [0, 0.1) is 5.92 Å². The van der Waals surface area contributed by atoms with Crippen LogP contribution < -0.4 is 19.7 Å². The fourth-order valence-corrected chi connectivity index (χ4v) is 3.72. The third-order valence-corrected chi connectivity index (χ3v) is 5.48. The first-order valence-electron chi connectivity index (χ1n) is 10.2. The highest BCUT2D eigenvalue weighted by atomic mass is 35.5. The number of amides is 2. The first-order chi connectivity index (χ1) is 14.8. The van der Waals surface area contributed by atoms with E-state index in [1.54, 1.807) is 30.3 Å². The fraction of sp³-hybridized carbons (Fsp3) is 0.391. The third-order valence-electron chi connectivity index (χ3n) is 5.25. The molecule has 0 radical (unpaired) electrons. The van der Waals surface area contributed by atoms with Crippen LogP contribution in [-0.2, 0) is 4.79 Å². The van der Waals surface area contributed by atoms with Gasteiger partial charge in [-0.15, -0.1) is 0 Å². The fourth-order valence-electron chi connectivity index (χ4n) is 3.55. The predicted molar refractivity (Wildman–Crippen MR) is 123 cm³/mol. The van der Waals surface area contributed by atoms with E-state index in [0.717, 1.165) is 5.69 Å². The van der Waals surface area contributed by atoms with Crippen molar-refractivity contribution in [1.82, 2.24) is 4.90 Å². The van der Waals surface area contributed by atoms with Crippen molar-refractivity contribution >= 4 is 34.8 Å². The van der Waals surface area contributed by atoms with Crippen molar-refractivity contribution in [2.45, 2.75) is 13.8 Å². The Labute approximate surface area is 187 Å². The topological polar surface area (TPSA) is 71.1 Å². The highest BCUT2D eigenvalue weighted by Crippen LogP contribution is 2.31. The van der Waals surface area contributed by atoms with Gasteiger partial charge < -0.3 is 24.6 Å². The predicted octanol–water partition coefficient (Wildman–Crippen LogP) is 3.91. The summed E-state index contributed by atoms with van der Waals surface area (Å²) in [5.41, 5.74) is 1.89. The van der Waals surface area contributed by atoms with Crippen molar-refractivity contribution < 1.29 is 19.1 Å². The van der Waals surface area contributed by atoms with E-state index in [1.165, 1.54) is 14.2 Å². The van der Waals surface area contributed by atoms with Crippen LogP contribution in [0.3, 0.4) is 0 Å². The van der Waals surface area contributed by atoms with E-state index in [4.69, 9.17) is 21.1 Å². The Morgan fingerprint density at radius 1 is 0.968 bits per heavy atom. The molecule has 1 N–H and O–H groups in total. The molecule has 0 unspecified atom stereocenters. The lowest BCUT2D eigenvalue weighted by Crippen LogP contribution is -2.50. The maximum Gasteiger partial charge on any atom is 0.255 e. The van der Waals surface area contributed by atoms with E-state index in [1.807, 2.05) is 24.8 Å². The summed E-state index contributed by atoms with van der Waals surface area (Å²) in [4.78, 5) is 29.3. The van der Waals surface area contributed by atoms with Gasteiger partial charge in [-0.25, -0.2) is 0 Å². The Balaban J connectivity index is 1.80. The Kier molecular flexibility index (Phi) is 7.28. The molecule has 0 atom stereocenters. The number of ether oxygens (including phenoxy) is 2. The number of rotatable bonds is 6. The number of carbonyl (C=O) groups is 2. The average Bonchev–Trinajstić information content (AvgIpc) is 2.78. The highest BCUT2D eigenvalue weighted by molar-refractivity contribution is 6.31. The zero-order chi connectivity index (χ0) is 22.5. The van der Waals surface area contributed by atoms with Crippen molar-refractivity contribution in [3.63, 3.8) is 0 Å². The molecule has 3 rings (SSSR count). The van der Waals surface area contributed by atoms with Crippen LogP contribution in [0.2, 0.25) is 5.02 Å². The molecule has 2 aromatic rings. The van der Waals surface area contributed by atoms with Crippen LogP contribution >= 0.6 is 11.6 Å². The molecule has 1 aliphatic rings. The summed E-state index contributed by atoms with van der Waals surface area (Å²) in [7, 11) is 3.07. The smallest absolute Gasteiger partial charge is 0.255 e.